The molecule has 0 bridgehead atoms. The van der Waals surface area contributed by atoms with Crippen molar-refractivity contribution in [1.29, 1.82) is 0 Å². The van der Waals surface area contributed by atoms with Crippen molar-refractivity contribution in [2.24, 2.45) is 5.92 Å². The van der Waals surface area contributed by atoms with Gasteiger partial charge in [-0.1, -0.05) is 6.92 Å². The quantitative estimate of drug-likeness (QED) is 0.852. The van der Waals surface area contributed by atoms with E-state index in [0.717, 1.165) is 0 Å². The summed E-state index contributed by atoms with van der Waals surface area (Å²) in [6.07, 6.45) is -4.31. The lowest BCUT2D eigenvalue weighted by molar-refractivity contribution is -0.150. The number of methoxy groups -OCH3 is 1. The maximum absolute atomic E-state index is 12.5. The molecule has 2 amide bonds. The number of likely N-dealkylation sites (tertiary alicyclic amines) is 1. The first-order valence-electron chi connectivity index (χ1n) is 6.49. The van der Waals surface area contributed by atoms with Crippen LogP contribution in [0.3, 0.4) is 0 Å². The summed E-state index contributed by atoms with van der Waals surface area (Å²) in [5.41, 5.74) is 0. The van der Waals surface area contributed by atoms with Crippen molar-refractivity contribution in [2.75, 3.05) is 33.3 Å². The minimum Gasteiger partial charge on any atom is -0.480 e. The molecule has 9 heteroatoms. The third-order valence-corrected chi connectivity index (χ3v) is 3.43. The maximum atomic E-state index is 12.5. The van der Waals surface area contributed by atoms with Gasteiger partial charge in [-0.05, 0) is 12.3 Å². The molecule has 0 aromatic heterocycles. The van der Waals surface area contributed by atoms with Gasteiger partial charge >= 0.3 is 18.2 Å². The van der Waals surface area contributed by atoms with Crippen LogP contribution < -0.4 is 0 Å². The van der Waals surface area contributed by atoms with E-state index in [9.17, 15) is 22.8 Å². The molecule has 0 saturated carbocycles. The molecule has 1 aliphatic rings. The van der Waals surface area contributed by atoms with E-state index in [-0.39, 0.29) is 25.1 Å². The SMILES string of the molecule is COC1CN(C(=O)N(CC(=O)O)CC(F)(F)F)CCC1C. The molecule has 0 aromatic carbocycles. The Kier molecular flexibility index (Phi) is 5.82. The van der Waals surface area contributed by atoms with E-state index in [1.54, 1.807) is 0 Å². The van der Waals surface area contributed by atoms with Crippen LogP contribution in [0.1, 0.15) is 13.3 Å². The molecule has 1 saturated heterocycles. The second-order valence-electron chi connectivity index (χ2n) is 5.13. The van der Waals surface area contributed by atoms with Crippen LogP contribution in [-0.4, -0.2) is 72.5 Å². The Morgan fingerprint density at radius 3 is 2.52 bits per heavy atom. The van der Waals surface area contributed by atoms with Gasteiger partial charge in [0, 0.05) is 20.2 Å². The summed E-state index contributed by atoms with van der Waals surface area (Å²) in [7, 11) is 1.47. The molecule has 0 radical (unpaired) electrons. The number of piperidine rings is 1. The first-order valence-corrected chi connectivity index (χ1v) is 6.49. The number of rotatable bonds is 4. The number of carboxylic acids is 1. The van der Waals surface area contributed by atoms with Crippen LogP contribution in [0.25, 0.3) is 0 Å². The Labute approximate surface area is 120 Å². The number of carbonyl (C=O) groups is 2. The number of amides is 2. The van der Waals surface area contributed by atoms with E-state index in [0.29, 0.717) is 11.3 Å². The molecule has 0 aromatic rings. The number of halogens is 3. The standard InChI is InChI=1S/C12H19F3N2O4/c1-8-3-4-16(5-9(8)21-2)11(20)17(6-10(18)19)7-12(13,14)15/h8-9H,3-7H2,1-2H3,(H,18,19). The fraction of sp³-hybridized carbons (Fsp3) is 0.833. The highest BCUT2D eigenvalue weighted by Crippen LogP contribution is 2.22. The molecule has 1 rings (SSSR count). The average Bonchev–Trinajstić information content (AvgIpc) is 2.35. The predicted molar refractivity (Wildman–Crippen MR) is 66.8 cm³/mol. The van der Waals surface area contributed by atoms with E-state index in [4.69, 9.17) is 9.84 Å². The van der Waals surface area contributed by atoms with Gasteiger partial charge in [0.15, 0.2) is 0 Å². The molecular weight excluding hydrogens is 293 g/mol. The summed E-state index contributed by atoms with van der Waals surface area (Å²) in [4.78, 5) is 24.3. The van der Waals surface area contributed by atoms with Gasteiger partial charge in [0.25, 0.3) is 0 Å². The lowest BCUT2D eigenvalue weighted by Gasteiger charge is -2.38. The summed E-state index contributed by atoms with van der Waals surface area (Å²) in [5.74, 6) is -1.30. The smallest absolute Gasteiger partial charge is 0.406 e. The highest BCUT2D eigenvalue weighted by atomic mass is 19.4. The Balaban J connectivity index is 2.77. The number of ether oxygens (including phenoxy) is 1. The van der Waals surface area contributed by atoms with Crippen molar-refractivity contribution < 1.29 is 32.6 Å². The zero-order valence-corrected chi connectivity index (χ0v) is 11.9. The van der Waals surface area contributed by atoms with E-state index >= 15 is 0 Å². The van der Waals surface area contributed by atoms with Crippen molar-refractivity contribution in [1.82, 2.24) is 9.80 Å². The fourth-order valence-corrected chi connectivity index (χ4v) is 2.29. The van der Waals surface area contributed by atoms with Gasteiger partial charge in [-0.15, -0.1) is 0 Å². The molecule has 6 nitrogen and oxygen atoms in total. The zero-order valence-electron chi connectivity index (χ0n) is 11.9. The molecule has 21 heavy (non-hydrogen) atoms. The number of hydrogen-bond acceptors (Lipinski definition) is 3. The van der Waals surface area contributed by atoms with Crippen LogP contribution in [0.5, 0.6) is 0 Å². The van der Waals surface area contributed by atoms with Crippen LogP contribution >= 0.6 is 0 Å². The summed E-state index contributed by atoms with van der Waals surface area (Å²) in [6, 6.07) is -0.927. The van der Waals surface area contributed by atoms with Crippen molar-refractivity contribution in [3.05, 3.63) is 0 Å². The topological polar surface area (TPSA) is 70.1 Å². The third kappa shape index (κ3) is 5.41. The van der Waals surface area contributed by atoms with E-state index < -0.39 is 31.3 Å². The number of carboxylic acid groups (broad SMARTS) is 1. The van der Waals surface area contributed by atoms with Gasteiger partial charge in [-0.25, -0.2) is 4.79 Å². The molecule has 2 unspecified atom stereocenters. The largest absolute Gasteiger partial charge is 0.480 e. The number of alkyl halides is 3. The molecule has 1 heterocycles. The Morgan fingerprint density at radius 2 is 2.05 bits per heavy atom. The molecule has 1 N–H and O–H groups in total. The second kappa shape index (κ2) is 6.97. The van der Waals surface area contributed by atoms with Crippen LogP contribution in [-0.2, 0) is 9.53 Å². The lowest BCUT2D eigenvalue weighted by Crippen LogP contribution is -2.54. The third-order valence-electron chi connectivity index (χ3n) is 3.43. The lowest BCUT2D eigenvalue weighted by atomic mass is 9.96. The first-order chi connectivity index (χ1) is 9.64. The normalized spacial score (nSPS) is 23.0. The molecule has 122 valence electrons. The van der Waals surface area contributed by atoms with Crippen molar-refractivity contribution in [2.45, 2.75) is 25.6 Å². The van der Waals surface area contributed by atoms with Crippen molar-refractivity contribution >= 4 is 12.0 Å². The minimum atomic E-state index is -4.64. The van der Waals surface area contributed by atoms with Gasteiger partial charge in [-0.2, -0.15) is 13.2 Å². The van der Waals surface area contributed by atoms with Crippen molar-refractivity contribution in [3.8, 4) is 0 Å². The Morgan fingerprint density at radius 1 is 1.43 bits per heavy atom. The van der Waals surface area contributed by atoms with Crippen LogP contribution in [0.2, 0.25) is 0 Å². The summed E-state index contributed by atoms with van der Waals surface area (Å²) >= 11 is 0. The highest BCUT2D eigenvalue weighted by molar-refractivity contribution is 5.80. The van der Waals surface area contributed by atoms with Crippen LogP contribution in [0.4, 0.5) is 18.0 Å². The van der Waals surface area contributed by atoms with Crippen LogP contribution in [0, 0.1) is 5.92 Å². The second-order valence-corrected chi connectivity index (χ2v) is 5.13. The predicted octanol–water partition coefficient (Wildman–Crippen LogP) is 1.41. The summed E-state index contributed by atoms with van der Waals surface area (Å²) in [5, 5.41) is 8.66. The zero-order chi connectivity index (χ0) is 16.2. The van der Waals surface area contributed by atoms with Gasteiger partial charge in [0.2, 0.25) is 0 Å². The van der Waals surface area contributed by atoms with E-state index in [1.165, 1.54) is 12.0 Å². The monoisotopic (exact) mass is 312 g/mol. The highest BCUT2D eigenvalue weighted by Gasteiger charge is 2.37. The molecular formula is C12H19F3N2O4. The van der Waals surface area contributed by atoms with E-state index in [2.05, 4.69) is 0 Å². The van der Waals surface area contributed by atoms with Crippen molar-refractivity contribution in [3.63, 3.8) is 0 Å². The van der Waals surface area contributed by atoms with Gasteiger partial charge in [-0.3, -0.25) is 4.79 Å². The van der Waals surface area contributed by atoms with Gasteiger partial charge in [0.05, 0.1) is 6.10 Å². The maximum Gasteiger partial charge on any atom is 0.406 e. The number of urea groups is 1. The Bertz CT molecular complexity index is 389. The molecule has 2 atom stereocenters. The molecule has 1 fully saturated rings. The molecule has 0 aliphatic carbocycles. The summed E-state index contributed by atoms with van der Waals surface area (Å²) < 4.78 is 42.6. The average molecular weight is 312 g/mol. The summed E-state index contributed by atoms with van der Waals surface area (Å²) in [6.45, 7) is -0.192. The van der Waals surface area contributed by atoms with Crippen LogP contribution in [0.15, 0.2) is 0 Å². The number of aliphatic carboxylic acids is 1. The van der Waals surface area contributed by atoms with Gasteiger partial charge in [0.1, 0.15) is 13.1 Å². The first kappa shape index (κ1) is 17.5. The number of nitrogens with zero attached hydrogens (tertiary/aromatic N) is 2. The fourth-order valence-electron chi connectivity index (χ4n) is 2.29. The van der Waals surface area contributed by atoms with E-state index in [1.807, 2.05) is 6.92 Å². The van der Waals surface area contributed by atoms with Gasteiger partial charge < -0.3 is 19.6 Å². The molecule has 0 spiro atoms. The Hall–Kier alpha value is -1.51. The number of hydrogen-bond donors (Lipinski definition) is 1. The molecule has 1 aliphatic heterocycles. The number of carbonyl (C=O) groups excluding carboxylic acids is 1. The minimum absolute atomic E-state index is 0.157.